The summed E-state index contributed by atoms with van der Waals surface area (Å²) < 4.78 is 5.55. The molecule has 0 aliphatic rings. The van der Waals surface area contributed by atoms with E-state index in [0.29, 0.717) is 26.9 Å². The van der Waals surface area contributed by atoms with Crippen LogP contribution < -0.4 is 5.32 Å². The van der Waals surface area contributed by atoms with Crippen LogP contribution in [0.4, 0.5) is 5.69 Å². The van der Waals surface area contributed by atoms with E-state index in [1.165, 1.54) is 25.1 Å². The van der Waals surface area contributed by atoms with Crippen molar-refractivity contribution in [1.29, 1.82) is 0 Å². The van der Waals surface area contributed by atoms with Crippen LogP contribution in [0.1, 0.15) is 26.5 Å². The van der Waals surface area contributed by atoms with Gasteiger partial charge in [-0.3, -0.25) is 4.79 Å². The van der Waals surface area contributed by atoms with E-state index < -0.39 is 11.9 Å². The highest BCUT2D eigenvalue weighted by atomic mass is 35.5. The van der Waals surface area contributed by atoms with Crippen molar-refractivity contribution >= 4 is 40.8 Å². The number of carbonyl (C=O) groups is 2. The van der Waals surface area contributed by atoms with E-state index in [2.05, 4.69) is 5.32 Å². The number of aromatic carboxylic acids is 1. The second-order valence-electron chi connectivity index (χ2n) is 5.74. The number of carboxylic acids is 1. The van der Waals surface area contributed by atoms with Crippen LogP contribution in [-0.4, -0.2) is 22.1 Å². The van der Waals surface area contributed by atoms with Gasteiger partial charge < -0.3 is 19.9 Å². The molecule has 1 heterocycles. The van der Waals surface area contributed by atoms with Crippen molar-refractivity contribution < 1.29 is 24.2 Å². The number of halogens is 2. The monoisotopic (exact) mass is 405 g/mol. The third-order valence-electron chi connectivity index (χ3n) is 3.81. The van der Waals surface area contributed by atoms with E-state index in [1.807, 2.05) is 0 Å². The first kappa shape index (κ1) is 18.8. The zero-order valence-electron chi connectivity index (χ0n) is 13.9. The molecule has 0 fully saturated rings. The van der Waals surface area contributed by atoms with Crippen LogP contribution >= 0.6 is 23.2 Å². The Labute approximate surface area is 164 Å². The Morgan fingerprint density at radius 1 is 1.07 bits per heavy atom. The van der Waals surface area contributed by atoms with Crippen molar-refractivity contribution in [3.8, 4) is 17.1 Å². The van der Waals surface area contributed by atoms with Crippen LogP contribution in [0.3, 0.4) is 0 Å². The lowest BCUT2D eigenvalue weighted by Crippen LogP contribution is -2.12. The number of rotatable bonds is 4. The van der Waals surface area contributed by atoms with Gasteiger partial charge in [0.2, 0.25) is 0 Å². The van der Waals surface area contributed by atoms with Gasteiger partial charge in [-0.15, -0.1) is 0 Å². The average molecular weight is 406 g/mol. The Hall–Kier alpha value is -2.96. The topological polar surface area (TPSA) is 99.8 Å². The standard InChI is InChI=1S/C19H13Cl2NO5/c1-9-6-11(8-13(17(9)23)19(25)26)22-18(24)16-5-4-15(27-16)12-7-10(20)2-3-14(12)21/h2-8,23H,1H3,(H,22,24)(H,25,26). The maximum atomic E-state index is 12.4. The summed E-state index contributed by atoms with van der Waals surface area (Å²) in [5, 5.41) is 22.3. The zero-order valence-corrected chi connectivity index (χ0v) is 15.4. The van der Waals surface area contributed by atoms with Crippen molar-refractivity contribution in [3.63, 3.8) is 0 Å². The molecule has 0 saturated heterocycles. The van der Waals surface area contributed by atoms with Crippen molar-refractivity contribution in [2.24, 2.45) is 0 Å². The molecule has 1 amide bonds. The Bertz CT molecular complexity index is 1060. The lowest BCUT2D eigenvalue weighted by Gasteiger charge is -2.09. The second kappa shape index (κ2) is 7.34. The predicted octanol–water partition coefficient (Wildman–Crippen LogP) is 5.22. The number of aryl methyl sites for hydroxylation is 1. The predicted molar refractivity (Wildman–Crippen MR) is 102 cm³/mol. The Morgan fingerprint density at radius 2 is 1.81 bits per heavy atom. The Kier molecular flexibility index (Phi) is 5.12. The molecule has 0 unspecified atom stereocenters. The third kappa shape index (κ3) is 3.92. The molecule has 138 valence electrons. The summed E-state index contributed by atoms with van der Waals surface area (Å²) in [5.74, 6) is -1.87. The largest absolute Gasteiger partial charge is 0.507 e. The molecular formula is C19H13Cl2NO5. The van der Waals surface area contributed by atoms with Gasteiger partial charge >= 0.3 is 5.97 Å². The van der Waals surface area contributed by atoms with Crippen molar-refractivity contribution in [2.75, 3.05) is 5.32 Å². The minimum Gasteiger partial charge on any atom is -0.507 e. The molecule has 27 heavy (non-hydrogen) atoms. The highest BCUT2D eigenvalue weighted by molar-refractivity contribution is 6.35. The lowest BCUT2D eigenvalue weighted by atomic mass is 10.1. The number of hydrogen-bond acceptors (Lipinski definition) is 4. The number of nitrogens with one attached hydrogen (secondary N) is 1. The molecule has 0 radical (unpaired) electrons. The number of carbonyl (C=O) groups excluding carboxylic acids is 1. The van der Waals surface area contributed by atoms with E-state index in [0.717, 1.165) is 0 Å². The molecule has 3 rings (SSSR count). The van der Waals surface area contributed by atoms with Crippen LogP contribution in [0.25, 0.3) is 11.3 Å². The Balaban J connectivity index is 1.87. The highest BCUT2D eigenvalue weighted by Gasteiger charge is 2.18. The fraction of sp³-hybridized carbons (Fsp3) is 0.0526. The molecule has 8 heteroatoms. The smallest absolute Gasteiger partial charge is 0.339 e. The van der Waals surface area contributed by atoms with Crippen LogP contribution in [0.15, 0.2) is 46.9 Å². The quantitative estimate of drug-likeness (QED) is 0.516. The SMILES string of the molecule is Cc1cc(NC(=O)c2ccc(-c3cc(Cl)ccc3Cl)o2)cc(C(=O)O)c1O. The van der Waals surface area contributed by atoms with E-state index in [4.69, 9.17) is 32.7 Å². The van der Waals surface area contributed by atoms with Gasteiger partial charge in [0.05, 0.1) is 5.02 Å². The first-order chi connectivity index (χ1) is 12.8. The summed E-state index contributed by atoms with van der Waals surface area (Å²) in [4.78, 5) is 23.6. The molecule has 0 spiro atoms. The maximum absolute atomic E-state index is 12.4. The molecule has 0 atom stereocenters. The minimum absolute atomic E-state index is 0.00338. The van der Waals surface area contributed by atoms with E-state index >= 15 is 0 Å². The summed E-state index contributed by atoms with van der Waals surface area (Å²) in [6, 6.07) is 10.5. The van der Waals surface area contributed by atoms with Crippen molar-refractivity contribution in [1.82, 2.24) is 0 Å². The second-order valence-corrected chi connectivity index (χ2v) is 6.58. The van der Waals surface area contributed by atoms with Crippen molar-refractivity contribution in [3.05, 3.63) is 69.4 Å². The average Bonchev–Trinajstić information content (AvgIpc) is 3.09. The molecule has 0 bridgehead atoms. The molecule has 2 aromatic carbocycles. The summed E-state index contributed by atoms with van der Waals surface area (Å²) in [7, 11) is 0. The van der Waals surface area contributed by atoms with Gasteiger partial charge in [-0.25, -0.2) is 4.79 Å². The number of anilines is 1. The minimum atomic E-state index is -1.30. The van der Waals surface area contributed by atoms with E-state index in [-0.39, 0.29) is 22.8 Å². The molecule has 1 aromatic heterocycles. The molecule has 6 nitrogen and oxygen atoms in total. The van der Waals surface area contributed by atoms with Gasteiger partial charge in [0.15, 0.2) is 5.76 Å². The summed E-state index contributed by atoms with van der Waals surface area (Å²) in [5.41, 5.74) is 0.760. The number of benzene rings is 2. The van der Waals surface area contributed by atoms with Crippen LogP contribution in [-0.2, 0) is 0 Å². The summed E-state index contributed by atoms with van der Waals surface area (Å²) in [6.45, 7) is 1.53. The van der Waals surface area contributed by atoms with Gasteiger partial charge in [0, 0.05) is 16.3 Å². The van der Waals surface area contributed by atoms with Gasteiger partial charge in [0.1, 0.15) is 17.1 Å². The van der Waals surface area contributed by atoms with Crippen molar-refractivity contribution in [2.45, 2.75) is 6.92 Å². The molecule has 3 aromatic rings. The number of aromatic hydroxyl groups is 1. The van der Waals surface area contributed by atoms with Gasteiger partial charge in [-0.1, -0.05) is 23.2 Å². The molecule has 3 N–H and O–H groups in total. The zero-order chi connectivity index (χ0) is 19.7. The number of phenols is 1. The van der Waals surface area contributed by atoms with Crippen LogP contribution in [0.5, 0.6) is 5.75 Å². The number of carboxylic acid groups (broad SMARTS) is 1. The summed E-state index contributed by atoms with van der Waals surface area (Å²) in [6.07, 6.45) is 0. The maximum Gasteiger partial charge on any atom is 0.339 e. The van der Waals surface area contributed by atoms with Gasteiger partial charge in [-0.2, -0.15) is 0 Å². The molecular weight excluding hydrogens is 393 g/mol. The van der Waals surface area contributed by atoms with Crippen LogP contribution in [0.2, 0.25) is 10.0 Å². The third-order valence-corrected chi connectivity index (χ3v) is 4.38. The number of hydrogen-bond donors (Lipinski definition) is 3. The van der Waals surface area contributed by atoms with E-state index in [9.17, 15) is 14.7 Å². The van der Waals surface area contributed by atoms with E-state index in [1.54, 1.807) is 24.3 Å². The number of amides is 1. The normalized spacial score (nSPS) is 10.6. The van der Waals surface area contributed by atoms with Gasteiger partial charge in [-0.05, 0) is 55.0 Å². The van der Waals surface area contributed by atoms with Crippen LogP contribution in [0, 0.1) is 6.92 Å². The Morgan fingerprint density at radius 3 is 2.52 bits per heavy atom. The first-order valence-electron chi connectivity index (χ1n) is 7.70. The first-order valence-corrected chi connectivity index (χ1v) is 8.45. The summed E-state index contributed by atoms with van der Waals surface area (Å²) >= 11 is 12.1. The van der Waals surface area contributed by atoms with Gasteiger partial charge in [0.25, 0.3) is 5.91 Å². The fourth-order valence-corrected chi connectivity index (χ4v) is 2.88. The highest BCUT2D eigenvalue weighted by Crippen LogP contribution is 2.32. The number of furan rings is 1. The molecule has 0 aliphatic carbocycles. The molecule has 0 aliphatic heterocycles. The lowest BCUT2D eigenvalue weighted by molar-refractivity contribution is 0.0693. The molecule has 0 saturated carbocycles. The fourth-order valence-electron chi connectivity index (χ4n) is 2.50.